The summed E-state index contributed by atoms with van der Waals surface area (Å²) in [5.74, 6) is 1.10. The van der Waals surface area contributed by atoms with Crippen LogP contribution in [0.25, 0.3) is 0 Å². The SMILES string of the molecule is CCC(C)(C(=O)c1ccc(C(=O)Oc2ccc(Cc3ccc(OC(C)(C)C)cc3)cc2)cc1)C(C)Oc1ccc(Cc2ccccc2OC(=O)c2ccc(C(=O)C(C)C)cc2)cc1. The Morgan fingerprint density at radius 2 is 0.968 bits per heavy atom. The number of ketones is 2. The lowest BCUT2D eigenvalue weighted by Gasteiger charge is -2.33. The molecule has 0 fully saturated rings. The van der Waals surface area contributed by atoms with Crippen LogP contribution in [0.4, 0.5) is 0 Å². The second kappa shape index (κ2) is 19.9. The third-order valence-corrected chi connectivity index (χ3v) is 11.2. The maximum atomic E-state index is 14.0. The van der Waals surface area contributed by atoms with Gasteiger partial charge in [-0.3, -0.25) is 9.59 Å². The van der Waals surface area contributed by atoms with Crippen LogP contribution in [0.2, 0.25) is 0 Å². The largest absolute Gasteiger partial charge is 0.490 e. The van der Waals surface area contributed by atoms with Crippen molar-refractivity contribution in [1.29, 1.82) is 0 Å². The number of hydrogen-bond acceptors (Lipinski definition) is 8. The zero-order valence-corrected chi connectivity index (χ0v) is 37.4. The van der Waals surface area contributed by atoms with E-state index in [2.05, 4.69) is 12.1 Å². The first-order chi connectivity index (χ1) is 30.0. The Hall–Kier alpha value is -6.80. The quantitative estimate of drug-likeness (QED) is 0.0508. The number of carbonyl (C=O) groups excluding carboxylic acids is 4. The van der Waals surface area contributed by atoms with Gasteiger partial charge in [0.15, 0.2) is 11.6 Å². The highest BCUT2D eigenvalue weighted by atomic mass is 16.5. The molecule has 2 unspecified atom stereocenters. The molecule has 6 aromatic carbocycles. The van der Waals surface area contributed by atoms with Gasteiger partial charge in [-0.05, 0) is 136 Å². The van der Waals surface area contributed by atoms with Crippen LogP contribution in [0.3, 0.4) is 0 Å². The van der Waals surface area contributed by atoms with E-state index < -0.39 is 23.5 Å². The molecule has 0 heterocycles. The van der Waals surface area contributed by atoms with E-state index in [0.29, 0.717) is 52.3 Å². The first-order valence-corrected chi connectivity index (χ1v) is 21.4. The van der Waals surface area contributed by atoms with Crippen LogP contribution in [0, 0.1) is 11.3 Å². The molecule has 2 atom stereocenters. The summed E-state index contributed by atoms with van der Waals surface area (Å²) >= 11 is 0. The van der Waals surface area contributed by atoms with Crippen LogP contribution in [0.15, 0.2) is 146 Å². The first-order valence-electron chi connectivity index (χ1n) is 21.4. The van der Waals surface area contributed by atoms with Crippen LogP contribution in [-0.4, -0.2) is 35.2 Å². The smallest absolute Gasteiger partial charge is 0.343 e. The van der Waals surface area contributed by atoms with Crippen molar-refractivity contribution in [2.45, 2.75) is 86.4 Å². The second-order valence-corrected chi connectivity index (χ2v) is 17.4. The number of carbonyl (C=O) groups is 4. The standard InChI is InChI=1S/C55H56O8/c1-9-55(8,51(57)42-22-26-43(27-23-42)52(58)61-47-30-14-38(15-31-47)34-39-18-32-48(33-19-39)63-54(5,6)7)37(4)60-46-28-16-40(17-29-46)35-45-12-10-11-13-49(45)62-53(59)44-24-20-41(21-25-44)50(56)36(2)3/h10-33,36-37H,9,34-35H2,1-8H3. The maximum Gasteiger partial charge on any atom is 0.343 e. The highest BCUT2D eigenvalue weighted by molar-refractivity contribution is 6.02. The van der Waals surface area contributed by atoms with E-state index in [-0.39, 0.29) is 23.1 Å². The van der Waals surface area contributed by atoms with Crippen molar-refractivity contribution < 1.29 is 38.1 Å². The Morgan fingerprint density at radius 3 is 1.49 bits per heavy atom. The molecule has 0 saturated heterocycles. The minimum Gasteiger partial charge on any atom is -0.490 e. The van der Waals surface area contributed by atoms with Crippen molar-refractivity contribution >= 4 is 23.5 Å². The summed E-state index contributed by atoms with van der Waals surface area (Å²) in [6.07, 6.45) is 1.28. The van der Waals surface area contributed by atoms with Crippen LogP contribution in [0.5, 0.6) is 23.0 Å². The van der Waals surface area contributed by atoms with E-state index in [0.717, 1.165) is 34.4 Å². The molecule has 6 rings (SSSR count). The van der Waals surface area contributed by atoms with Gasteiger partial charge in [-0.15, -0.1) is 0 Å². The summed E-state index contributed by atoms with van der Waals surface area (Å²) in [6, 6.07) is 43.6. The second-order valence-electron chi connectivity index (χ2n) is 17.4. The van der Waals surface area contributed by atoms with E-state index >= 15 is 0 Å². The monoisotopic (exact) mass is 844 g/mol. The van der Waals surface area contributed by atoms with E-state index in [1.807, 2.05) is 122 Å². The van der Waals surface area contributed by atoms with Crippen molar-refractivity contribution in [2.24, 2.45) is 11.3 Å². The van der Waals surface area contributed by atoms with Gasteiger partial charge in [-0.2, -0.15) is 0 Å². The van der Waals surface area contributed by atoms with Gasteiger partial charge in [-0.25, -0.2) is 9.59 Å². The molecule has 0 bridgehead atoms. The molecule has 0 saturated carbocycles. The van der Waals surface area contributed by atoms with Crippen molar-refractivity contribution in [3.8, 4) is 23.0 Å². The number of ether oxygens (including phenoxy) is 4. The molecule has 8 heteroatoms. The lowest BCUT2D eigenvalue weighted by atomic mass is 9.75. The fraction of sp³-hybridized carbons (Fsp3) is 0.273. The molecule has 324 valence electrons. The third kappa shape index (κ3) is 12.0. The summed E-state index contributed by atoms with van der Waals surface area (Å²) in [5, 5.41) is 0. The lowest BCUT2D eigenvalue weighted by molar-refractivity contribution is 0.0479. The Kier molecular flexibility index (Phi) is 14.5. The molecule has 0 aromatic heterocycles. The maximum absolute atomic E-state index is 14.0. The highest BCUT2D eigenvalue weighted by Gasteiger charge is 2.39. The summed E-state index contributed by atoms with van der Waals surface area (Å²) in [5.41, 5.74) is 4.63. The zero-order valence-electron chi connectivity index (χ0n) is 37.4. The van der Waals surface area contributed by atoms with Crippen molar-refractivity contribution in [1.82, 2.24) is 0 Å². The Labute approximate surface area is 371 Å². The van der Waals surface area contributed by atoms with E-state index in [1.165, 1.54) is 0 Å². The van der Waals surface area contributed by atoms with Crippen molar-refractivity contribution in [3.63, 3.8) is 0 Å². The molecule has 0 aliphatic rings. The number of para-hydroxylation sites is 1. The summed E-state index contributed by atoms with van der Waals surface area (Å²) in [7, 11) is 0. The van der Waals surface area contributed by atoms with Crippen LogP contribution < -0.4 is 18.9 Å². The number of rotatable bonds is 17. The number of hydrogen-bond donors (Lipinski definition) is 0. The van der Waals surface area contributed by atoms with Gasteiger partial charge in [0.2, 0.25) is 0 Å². The van der Waals surface area contributed by atoms with Gasteiger partial charge in [0.25, 0.3) is 0 Å². The Morgan fingerprint density at radius 1 is 0.508 bits per heavy atom. The van der Waals surface area contributed by atoms with Gasteiger partial charge in [-0.1, -0.05) is 99.6 Å². The Bertz CT molecular complexity index is 2510. The lowest BCUT2D eigenvalue weighted by Crippen LogP contribution is -2.41. The third-order valence-electron chi connectivity index (χ3n) is 11.2. The molecule has 0 amide bonds. The molecular weight excluding hydrogens is 789 g/mol. The fourth-order valence-corrected chi connectivity index (χ4v) is 7.08. The van der Waals surface area contributed by atoms with E-state index in [1.54, 1.807) is 66.7 Å². The molecular formula is C55H56O8. The Balaban J connectivity index is 1.02. The minimum absolute atomic E-state index is 0.0167. The molecule has 0 spiro atoms. The summed E-state index contributed by atoms with van der Waals surface area (Å²) in [4.78, 5) is 52.4. The normalized spacial score (nSPS) is 12.8. The molecule has 6 aromatic rings. The molecule has 0 aliphatic carbocycles. The molecule has 0 aliphatic heterocycles. The summed E-state index contributed by atoms with van der Waals surface area (Å²) < 4.78 is 23.8. The zero-order chi connectivity index (χ0) is 45.3. The predicted octanol–water partition coefficient (Wildman–Crippen LogP) is 12.4. The van der Waals surface area contributed by atoms with Gasteiger partial charge in [0.1, 0.15) is 34.7 Å². The minimum atomic E-state index is -0.863. The van der Waals surface area contributed by atoms with Crippen molar-refractivity contribution in [2.75, 3.05) is 0 Å². The highest BCUT2D eigenvalue weighted by Crippen LogP contribution is 2.34. The van der Waals surface area contributed by atoms with Crippen LogP contribution >= 0.6 is 0 Å². The molecule has 63 heavy (non-hydrogen) atoms. The number of esters is 2. The predicted molar refractivity (Wildman–Crippen MR) is 247 cm³/mol. The fourth-order valence-electron chi connectivity index (χ4n) is 7.08. The number of Topliss-reactive ketones (excluding diaryl/α,β-unsaturated/α-hetero) is 2. The first kappa shape index (κ1) is 45.7. The van der Waals surface area contributed by atoms with Crippen molar-refractivity contribution in [3.05, 3.63) is 190 Å². The van der Waals surface area contributed by atoms with Gasteiger partial charge in [0, 0.05) is 23.5 Å². The van der Waals surface area contributed by atoms with Gasteiger partial charge >= 0.3 is 11.9 Å². The average molecular weight is 845 g/mol. The molecule has 8 nitrogen and oxygen atoms in total. The van der Waals surface area contributed by atoms with E-state index in [4.69, 9.17) is 18.9 Å². The van der Waals surface area contributed by atoms with Gasteiger partial charge in [0.05, 0.1) is 16.5 Å². The van der Waals surface area contributed by atoms with Crippen LogP contribution in [0.1, 0.15) is 125 Å². The van der Waals surface area contributed by atoms with Crippen LogP contribution in [-0.2, 0) is 12.8 Å². The average Bonchev–Trinajstić information content (AvgIpc) is 3.27. The van der Waals surface area contributed by atoms with Gasteiger partial charge < -0.3 is 18.9 Å². The molecule has 0 radical (unpaired) electrons. The number of benzene rings is 6. The molecule has 0 N–H and O–H groups in total. The van der Waals surface area contributed by atoms with E-state index in [9.17, 15) is 19.2 Å². The summed E-state index contributed by atoms with van der Waals surface area (Å²) in [6.45, 7) is 15.5. The topological polar surface area (TPSA) is 105 Å².